The quantitative estimate of drug-likeness (QED) is 0.546. The number of rotatable bonds is 9. The average molecular weight is 332 g/mol. The van der Waals surface area contributed by atoms with E-state index in [2.05, 4.69) is 5.32 Å². The highest BCUT2D eigenvalue weighted by Crippen LogP contribution is 2.28. The Hall–Kier alpha value is -3.01. The SMILES string of the molecule is C/C=C/c1ccc(OCC(=O)OCC(=O)NCCC#N)c(OC)c1. The topological polar surface area (TPSA) is 97.6 Å². The zero-order chi connectivity index (χ0) is 17.8. The van der Waals surface area contributed by atoms with Crippen molar-refractivity contribution in [2.75, 3.05) is 26.9 Å². The van der Waals surface area contributed by atoms with E-state index in [-0.39, 0.29) is 19.6 Å². The number of amides is 1. The minimum atomic E-state index is -0.676. The lowest BCUT2D eigenvalue weighted by Crippen LogP contribution is -2.30. The molecule has 0 saturated heterocycles. The highest BCUT2D eigenvalue weighted by atomic mass is 16.6. The lowest BCUT2D eigenvalue weighted by molar-refractivity contribution is -0.150. The van der Waals surface area contributed by atoms with Gasteiger partial charge >= 0.3 is 5.97 Å². The summed E-state index contributed by atoms with van der Waals surface area (Å²) in [5.41, 5.74) is 0.943. The predicted octanol–water partition coefficient (Wildman–Crippen LogP) is 1.68. The van der Waals surface area contributed by atoms with Crippen LogP contribution in [-0.4, -0.2) is 38.7 Å². The van der Waals surface area contributed by atoms with Crippen molar-refractivity contribution in [1.29, 1.82) is 5.26 Å². The molecule has 0 bridgehead atoms. The molecule has 0 aromatic heterocycles. The number of nitrogens with zero attached hydrogens (tertiary/aromatic N) is 1. The average Bonchev–Trinajstić information content (AvgIpc) is 2.59. The number of esters is 1. The van der Waals surface area contributed by atoms with E-state index in [1.807, 2.05) is 31.2 Å². The van der Waals surface area contributed by atoms with Crippen LogP contribution < -0.4 is 14.8 Å². The van der Waals surface area contributed by atoms with Crippen molar-refractivity contribution in [2.24, 2.45) is 0 Å². The summed E-state index contributed by atoms with van der Waals surface area (Å²) >= 11 is 0. The first-order valence-corrected chi connectivity index (χ1v) is 7.33. The van der Waals surface area contributed by atoms with E-state index in [9.17, 15) is 9.59 Å². The van der Waals surface area contributed by atoms with E-state index in [0.717, 1.165) is 5.56 Å². The Balaban J connectivity index is 2.44. The smallest absolute Gasteiger partial charge is 0.344 e. The van der Waals surface area contributed by atoms with E-state index >= 15 is 0 Å². The fourth-order valence-corrected chi connectivity index (χ4v) is 1.73. The van der Waals surface area contributed by atoms with Crippen molar-refractivity contribution in [3.63, 3.8) is 0 Å². The van der Waals surface area contributed by atoms with Crippen LogP contribution in [0, 0.1) is 11.3 Å². The van der Waals surface area contributed by atoms with Crippen LogP contribution >= 0.6 is 0 Å². The van der Waals surface area contributed by atoms with E-state index in [0.29, 0.717) is 11.5 Å². The van der Waals surface area contributed by atoms with E-state index < -0.39 is 18.5 Å². The van der Waals surface area contributed by atoms with Crippen molar-refractivity contribution in [2.45, 2.75) is 13.3 Å². The van der Waals surface area contributed by atoms with Gasteiger partial charge in [0.2, 0.25) is 0 Å². The molecule has 1 rings (SSSR count). The number of hydrogen-bond donors (Lipinski definition) is 1. The molecule has 0 heterocycles. The van der Waals surface area contributed by atoms with Gasteiger partial charge in [0, 0.05) is 6.54 Å². The molecule has 7 nitrogen and oxygen atoms in total. The molecule has 24 heavy (non-hydrogen) atoms. The Bertz CT molecular complexity index is 634. The maximum absolute atomic E-state index is 11.6. The summed E-state index contributed by atoms with van der Waals surface area (Å²) in [6.07, 6.45) is 4.01. The number of allylic oxidation sites excluding steroid dienone is 1. The lowest BCUT2D eigenvalue weighted by atomic mass is 10.2. The zero-order valence-corrected chi connectivity index (χ0v) is 13.7. The first-order valence-electron chi connectivity index (χ1n) is 7.33. The molecular formula is C17H20N2O5. The minimum absolute atomic E-state index is 0.200. The van der Waals surface area contributed by atoms with Gasteiger partial charge < -0.3 is 19.5 Å². The molecular weight excluding hydrogens is 312 g/mol. The molecule has 0 radical (unpaired) electrons. The Morgan fingerprint density at radius 3 is 2.75 bits per heavy atom. The zero-order valence-electron chi connectivity index (χ0n) is 13.7. The number of carbonyl (C=O) groups excluding carboxylic acids is 2. The number of methoxy groups -OCH3 is 1. The number of carbonyl (C=O) groups is 2. The normalized spacial score (nSPS) is 10.0. The number of ether oxygens (including phenoxy) is 3. The third kappa shape index (κ3) is 6.83. The largest absolute Gasteiger partial charge is 0.493 e. The van der Waals surface area contributed by atoms with Crippen LogP contribution in [0.5, 0.6) is 11.5 Å². The maximum atomic E-state index is 11.6. The second kappa shape index (κ2) is 10.7. The van der Waals surface area contributed by atoms with Gasteiger partial charge in [-0.05, 0) is 24.6 Å². The van der Waals surface area contributed by atoms with E-state index in [1.165, 1.54) is 7.11 Å². The number of nitriles is 1. The van der Waals surface area contributed by atoms with Crippen LogP contribution in [-0.2, 0) is 14.3 Å². The van der Waals surface area contributed by atoms with Gasteiger partial charge in [-0.1, -0.05) is 18.2 Å². The molecule has 0 aliphatic carbocycles. The van der Waals surface area contributed by atoms with Crippen LogP contribution in [0.1, 0.15) is 18.9 Å². The van der Waals surface area contributed by atoms with Crippen LogP contribution in [0.3, 0.4) is 0 Å². The Kier molecular flexibility index (Phi) is 8.47. The van der Waals surface area contributed by atoms with Crippen molar-refractivity contribution in [1.82, 2.24) is 5.32 Å². The van der Waals surface area contributed by atoms with Gasteiger partial charge in [0.25, 0.3) is 5.91 Å². The molecule has 0 atom stereocenters. The summed E-state index contributed by atoms with van der Waals surface area (Å²) in [7, 11) is 1.51. The minimum Gasteiger partial charge on any atom is -0.493 e. The fourth-order valence-electron chi connectivity index (χ4n) is 1.73. The van der Waals surface area contributed by atoms with Crippen LogP contribution in [0.4, 0.5) is 0 Å². The molecule has 1 N–H and O–H groups in total. The van der Waals surface area contributed by atoms with Crippen molar-refractivity contribution < 1.29 is 23.8 Å². The number of hydrogen-bond acceptors (Lipinski definition) is 6. The first-order chi connectivity index (χ1) is 11.6. The third-order valence-electron chi connectivity index (χ3n) is 2.82. The Morgan fingerprint density at radius 2 is 2.08 bits per heavy atom. The van der Waals surface area contributed by atoms with Crippen molar-refractivity contribution >= 4 is 18.0 Å². The standard InChI is InChI=1S/C17H20N2O5/c1-3-5-13-6-7-14(15(10-13)22-2)23-12-17(21)24-11-16(20)19-9-4-8-18/h3,5-7,10H,4,9,11-12H2,1-2H3,(H,19,20)/b5-3+. The second-order valence-corrected chi connectivity index (χ2v) is 4.62. The molecule has 7 heteroatoms. The molecule has 0 fully saturated rings. The number of nitrogens with one attached hydrogen (secondary N) is 1. The third-order valence-corrected chi connectivity index (χ3v) is 2.82. The van der Waals surface area contributed by atoms with Crippen LogP contribution in [0.25, 0.3) is 6.08 Å². The molecule has 0 spiro atoms. The number of benzene rings is 1. The van der Waals surface area contributed by atoms with Gasteiger partial charge in [0.1, 0.15) is 0 Å². The van der Waals surface area contributed by atoms with Gasteiger partial charge in [0.05, 0.1) is 19.6 Å². The monoisotopic (exact) mass is 332 g/mol. The van der Waals surface area contributed by atoms with Gasteiger partial charge in [0.15, 0.2) is 24.7 Å². The van der Waals surface area contributed by atoms with Gasteiger partial charge in [-0.25, -0.2) is 4.79 Å². The molecule has 0 aliphatic rings. The molecule has 1 aromatic carbocycles. The van der Waals surface area contributed by atoms with Gasteiger partial charge in [-0.2, -0.15) is 5.26 Å². The molecule has 0 saturated carbocycles. The summed E-state index contributed by atoms with van der Waals surface area (Å²) < 4.78 is 15.4. The highest BCUT2D eigenvalue weighted by Gasteiger charge is 2.11. The summed E-state index contributed by atoms with van der Waals surface area (Å²) in [6.45, 7) is 1.37. The van der Waals surface area contributed by atoms with E-state index in [4.69, 9.17) is 19.5 Å². The second-order valence-electron chi connectivity index (χ2n) is 4.62. The fraction of sp³-hybridized carbons (Fsp3) is 0.353. The van der Waals surface area contributed by atoms with Crippen LogP contribution in [0.15, 0.2) is 24.3 Å². The summed E-state index contributed by atoms with van der Waals surface area (Å²) in [5, 5.41) is 10.8. The van der Waals surface area contributed by atoms with Gasteiger partial charge in [-0.15, -0.1) is 0 Å². The highest BCUT2D eigenvalue weighted by molar-refractivity contribution is 5.80. The predicted molar refractivity (Wildman–Crippen MR) is 87.4 cm³/mol. The first kappa shape index (κ1) is 19.0. The maximum Gasteiger partial charge on any atom is 0.344 e. The molecule has 1 amide bonds. The summed E-state index contributed by atoms with van der Waals surface area (Å²) in [4.78, 5) is 22.9. The van der Waals surface area contributed by atoms with Crippen molar-refractivity contribution in [3.05, 3.63) is 29.8 Å². The molecule has 0 aliphatic heterocycles. The van der Waals surface area contributed by atoms with Crippen LogP contribution in [0.2, 0.25) is 0 Å². The molecule has 0 unspecified atom stereocenters. The van der Waals surface area contributed by atoms with Crippen molar-refractivity contribution in [3.8, 4) is 17.6 Å². The molecule has 1 aromatic rings. The summed E-state index contributed by atoms with van der Waals surface area (Å²) in [5.74, 6) is -0.245. The lowest BCUT2D eigenvalue weighted by Gasteiger charge is -2.11. The molecule has 128 valence electrons. The summed E-state index contributed by atoms with van der Waals surface area (Å²) in [6, 6.07) is 7.19. The Labute approximate surface area is 140 Å². The Morgan fingerprint density at radius 1 is 1.29 bits per heavy atom. The van der Waals surface area contributed by atoms with E-state index in [1.54, 1.807) is 12.1 Å². The van der Waals surface area contributed by atoms with Gasteiger partial charge in [-0.3, -0.25) is 4.79 Å².